The molecule has 3 nitrogen and oxygen atoms in total. The molecular formula is C14H20N2OS. The van der Waals surface area contributed by atoms with E-state index in [9.17, 15) is 4.79 Å². The highest BCUT2D eigenvalue weighted by atomic mass is 32.2. The quantitative estimate of drug-likeness (QED) is 0.431. The van der Waals surface area contributed by atoms with Gasteiger partial charge in [-0.05, 0) is 25.1 Å². The zero-order valence-corrected chi connectivity index (χ0v) is 11.6. The van der Waals surface area contributed by atoms with E-state index in [1.54, 1.807) is 11.8 Å². The molecular weight excluding hydrogens is 244 g/mol. The number of carbonyl (C=O) groups is 1. The monoisotopic (exact) mass is 264 g/mol. The number of para-hydroxylation sites is 1. The average molecular weight is 264 g/mol. The lowest BCUT2D eigenvalue weighted by atomic mass is 10.3. The van der Waals surface area contributed by atoms with Crippen LogP contribution in [0.25, 0.3) is 0 Å². The predicted octanol–water partition coefficient (Wildman–Crippen LogP) is 2.90. The molecule has 0 aromatic heterocycles. The van der Waals surface area contributed by atoms with Gasteiger partial charge in [0.15, 0.2) is 0 Å². The molecule has 0 atom stereocenters. The van der Waals surface area contributed by atoms with Crippen LogP contribution >= 0.6 is 11.8 Å². The Morgan fingerprint density at radius 1 is 1.44 bits per heavy atom. The van der Waals surface area contributed by atoms with Gasteiger partial charge in [-0.3, -0.25) is 4.79 Å². The van der Waals surface area contributed by atoms with Crippen molar-refractivity contribution >= 4 is 23.4 Å². The predicted molar refractivity (Wildman–Crippen MR) is 79.2 cm³/mol. The Bertz CT molecular complexity index is 393. The van der Waals surface area contributed by atoms with E-state index in [0.717, 1.165) is 29.3 Å². The molecule has 18 heavy (non-hydrogen) atoms. The Morgan fingerprint density at radius 2 is 2.22 bits per heavy atom. The maximum absolute atomic E-state index is 11.7. The first-order valence-electron chi connectivity index (χ1n) is 6.11. The van der Waals surface area contributed by atoms with Crippen molar-refractivity contribution in [1.82, 2.24) is 5.32 Å². The zero-order chi connectivity index (χ0) is 13.2. The molecule has 0 heterocycles. The van der Waals surface area contributed by atoms with E-state index < -0.39 is 0 Å². The number of rotatable bonds is 8. The third-order valence-corrected chi connectivity index (χ3v) is 3.30. The minimum atomic E-state index is -0.00453. The second kappa shape index (κ2) is 8.78. The molecule has 0 radical (unpaired) electrons. The highest BCUT2D eigenvalue weighted by Crippen LogP contribution is 2.26. The normalized spacial score (nSPS) is 10.1. The summed E-state index contributed by atoms with van der Waals surface area (Å²) < 4.78 is 0. The van der Waals surface area contributed by atoms with Crippen LogP contribution in [0.2, 0.25) is 0 Å². The van der Waals surface area contributed by atoms with Gasteiger partial charge in [-0.25, -0.2) is 0 Å². The highest BCUT2D eigenvalue weighted by molar-refractivity contribution is 7.99. The third kappa shape index (κ3) is 5.38. The summed E-state index contributed by atoms with van der Waals surface area (Å²) in [6.07, 6.45) is 2.88. The summed E-state index contributed by atoms with van der Waals surface area (Å²) in [5.74, 6) is 0.830. The molecule has 0 aliphatic rings. The number of hydrogen-bond acceptors (Lipinski definition) is 3. The van der Waals surface area contributed by atoms with Gasteiger partial charge < -0.3 is 10.6 Å². The second-order valence-electron chi connectivity index (χ2n) is 3.82. The number of benzene rings is 1. The van der Waals surface area contributed by atoms with Gasteiger partial charge >= 0.3 is 0 Å². The molecule has 1 aromatic carbocycles. The van der Waals surface area contributed by atoms with Gasteiger partial charge in [0.25, 0.3) is 0 Å². The minimum absolute atomic E-state index is 0.00453. The number of anilines is 1. The van der Waals surface area contributed by atoms with Crippen LogP contribution in [0.15, 0.2) is 41.8 Å². The number of amides is 1. The SMILES string of the molecule is C=CCSc1ccccc1NC(=O)CNCCC. The number of nitrogens with one attached hydrogen (secondary N) is 2. The van der Waals surface area contributed by atoms with Crippen molar-refractivity contribution in [2.24, 2.45) is 0 Å². The Balaban J connectivity index is 2.54. The van der Waals surface area contributed by atoms with Crippen molar-refractivity contribution in [3.63, 3.8) is 0 Å². The summed E-state index contributed by atoms with van der Waals surface area (Å²) >= 11 is 1.66. The Labute approximate surface area is 113 Å². The summed E-state index contributed by atoms with van der Waals surface area (Å²) in [7, 11) is 0. The van der Waals surface area contributed by atoms with E-state index in [-0.39, 0.29) is 5.91 Å². The fourth-order valence-corrected chi connectivity index (χ4v) is 2.16. The van der Waals surface area contributed by atoms with Crippen LogP contribution < -0.4 is 10.6 Å². The highest BCUT2D eigenvalue weighted by Gasteiger charge is 2.05. The van der Waals surface area contributed by atoms with Gasteiger partial charge in [0, 0.05) is 10.6 Å². The lowest BCUT2D eigenvalue weighted by Gasteiger charge is -2.10. The molecule has 0 fully saturated rings. The van der Waals surface area contributed by atoms with Gasteiger partial charge in [-0.15, -0.1) is 18.3 Å². The van der Waals surface area contributed by atoms with E-state index in [4.69, 9.17) is 0 Å². The Hall–Kier alpha value is -1.26. The molecule has 0 bridgehead atoms. The molecule has 0 spiro atoms. The van der Waals surface area contributed by atoms with Crippen molar-refractivity contribution in [2.75, 3.05) is 24.2 Å². The van der Waals surface area contributed by atoms with E-state index in [1.807, 2.05) is 30.3 Å². The molecule has 0 aliphatic carbocycles. The smallest absolute Gasteiger partial charge is 0.238 e. The zero-order valence-electron chi connectivity index (χ0n) is 10.7. The van der Waals surface area contributed by atoms with Crippen LogP contribution in [0.5, 0.6) is 0 Å². The fraction of sp³-hybridized carbons (Fsp3) is 0.357. The molecule has 0 saturated heterocycles. The Morgan fingerprint density at radius 3 is 2.94 bits per heavy atom. The van der Waals surface area contributed by atoms with Crippen LogP contribution in [-0.4, -0.2) is 24.7 Å². The van der Waals surface area contributed by atoms with Crippen LogP contribution in [0.3, 0.4) is 0 Å². The Kier molecular flexibility index (Phi) is 7.22. The summed E-state index contributed by atoms with van der Waals surface area (Å²) in [5, 5.41) is 6.00. The van der Waals surface area contributed by atoms with Crippen LogP contribution in [0.1, 0.15) is 13.3 Å². The lowest BCUT2D eigenvalue weighted by Crippen LogP contribution is -2.28. The molecule has 1 amide bonds. The van der Waals surface area contributed by atoms with E-state index in [0.29, 0.717) is 6.54 Å². The summed E-state index contributed by atoms with van der Waals surface area (Å²) in [5.41, 5.74) is 0.868. The van der Waals surface area contributed by atoms with Crippen molar-refractivity contribution in [1.29, 1.82) is 0 Å². The number of thioether (sulfide) groups is 1. The van der Waals surface area contributed by atoms with E-state index >= 15 is 0 Å². The molecule has 98 valence electrons. The van der Waals surface area contributed by atoms with Crippen molar-refractivity contribution in [3.05, 3.63) is 36.9 Å². The fourth-order valence-electron chi connectivity index (χ4n) is 1.42. The number of hydrogen-bond donors (Lipinski definition) is 2. The van der Waals surface area contributed by atoms with E-state index in [1.165, 1.54) is 0 Å². The summed E-state index contributed by atoms with van der Waals surface area (Å²) in [6, 6.07) is 7.82. The lowest BCUT2D eigenvalue weighted by molar-refractivity contribution is -0.115. The maximum atomic E-state index is 11.7. The summed E-state index contributed by atoms with van der Waals surface area (Å²) in [6.45, 7) is 6.99. The van der Waals surface area contributed by atoms with Gasteiger partial charge in [0.2, 0.25) is 5.91 Å². The van der Waals surface area contributed by atoms with Gasteiger partial charge in [-0.2, -0.15) is 0 Å². The van der Waals surface area contributed by atoms with Gasteiger partial charge in [-0.1, -0.05) is 25.1 Å². The molecule has 1 aromatic rings. The topological polar surface area (TPSA) is 41.1 Å². The maximum Gasteiger partial charge on any atom is 0.238 e. The molecule has 0 unspecified atom stereocenters. The van der Waals surface area contributed by atoms with E-state index in [2.05, 4.69) is 24.1 Å². The summed E-state index contributed by atoms with van der Waals surface area (Å²) in [4.78, 5) is 12.8. The molecule has 4 heteroatoms. The van der Waals surface area contributed by atoms with Crippen molar-refractivity contribution in [3.8, 4) is 0 Å². The first-order chi connectivity index (χ1) is 8.77. The van der Waals surface area contributed by atoms with Gasteiger partial charge in [0.05, 0.1) is 12.2 Å². The first-order valence-corrected chi connectivity index (χ1v) is 7.09. The molecule has 2 N–H and O–H groups in total. The van der Waals surface area contributed by atoms with Gasteiger partial charge in [0.1, 0.15) is 0 Å². The first kappa shape index (κ1) is 14.8. The van der Waals surface area contributed by atoms with Crippen molar-refractivity contribution in [2.45, 2.75) is 18.2 Å². The standard InChI is InChI=1S/C14H20N2OS/c1-3-9-15-11-14(17)16-12-7-5-6-8-13(12)18-10-4-2/h4-8,15H,2-3,9-11H2,1H3,(H,16,17). The molecule has 1 rings (SSSR count). The van der Waals surface area contributed by atoms with Crippen LogP contribution in [0.4, 0.5) is 5.69 Å². The van der Waals surface area contributed by atoms with Crippen molar-refractivity contribution < 1.29 is 4.79 Å². The van der Waals surface area contributed by atoms with Crippen LogP contribution in [0, 0.1) is 0 Å². The number of carbonyl (C=O) groups excluding carboxylic acids is 1. The molecule has 0 aliphatic heterocycles. The largest absolute Gasteiger partial charge is 0.324 e. The van der Waals surface area contributed by atoms with Crippen LogP contribution in [-0.2, 0) is 4.79 Å². The average Bonchev–Trinajstić information content (AvgIpc) is 2.38. The molecule has 0 saturated carbocycles. The minimum Gasteiger partial charge on any atom is -0.324 e. The third-order valence-electron chi connectivity index (χ3n) is 2.23. The second-order valence-corrected chi connectivity index (χ2v) is 4.88.